The average Bonchev–Trinajstić information content (AvgIpc) is 2.97. The molecule has 1 saturated heterocycles. The number of rotatable bonds is 4. The van der Waals surface area contributed by atoms with Gasteiger partial charge in [-0.3, -0.25) is 9.48 Å². The lowest BCUT2D eigenvalue weighted by atomic mass is 10.1. The first-order valence-corrected chi connectivity index (χ1v) is 10.0. The molecule has 1 N–H and O–H groups in total. The van der Waals surface area contributed by atoms with Crippen LogP contribution < -0.4 is 4.90 Å². The molecule has 1 aliphatic heterocycles. The van der Waals surface area contributed by atoms with Crippen molar-refractivity contribution < 1.29 is 23.1 Å². The molecule has 0 spiro atoms. The van der Waals surface area contributed by atoms with Crippen LogP contribution in [0.1, 0.15) is 30.0 Å². The molecule has 2 aromatic rings. The van der Waals surface area contributed by atoms with Crippen molar-refractivity contribution in [2.75, 3.05) is 31.1 Å². The van der Waals surface area contributed by atoms with E-state index in [4.69, 9.17) is 23.2 Å². The summed E-state index contributed by atoms with van der Waals surface area (Å²) >= 11 is 11.8. The molecule has 0 bridgehead atoms. The fraction of sp³-hybridized carbons (Fsp3) is 0.474. The van der Waals surface area contributed by atoms with E-state index in [1.807, 2.05) is 12.1 Å². The van der Waals surface area contributed by atoms with Crippen molar-refractivity contribution >= 4 is 34.8 Å². The summed E-state index contributed by atoms with van der Waals surface area (Å²) in [7, 11) is 0. The highest BCUT2D eigenvalue weighted by Gasteiger charge is 2.38. The predicted molar refractivity (Wildman–Crippen MR) is 108 cm³/mol. The molecule has 1 fully saturated rings. The highest BCUT2D eigenvalue weighted by atomic mass is 35.5. The van der Waals surface area contributed by atoms with E-state index in [2.05, 4.69) is 10.00 Å². The summed E-state index contributed by atoms with van der Waals surface area (Å²) in [6.45, 7) is 4.62. The second kappa shape index (κ2) is 8.64. The van der Waals surface area contributed by atoms with E-state index in [0.29, 0.717) is 36.8 Å². The van der Waals surface area contributed by atoms with Gasteiger partial charge in [-0.05, 0) is 32.0 Å². The van der Waals surface area contributed by atoms with Gasteiger partial charge in [0.1, 0.15) is 6.54 Å². The summed E-state index contributed by atoms with van der Waals surface area (Å²) in [5.41, 5.74) is 0.421. The standard InChI is InChI=1S/C19H21Cl2F3N4O2/c1-11-17(21)18(19(22,23)24)25-28(11)10-16(30)27-7-5-26(6-8-27)13-3-4-15(20)14(9-13)12(2)29/h3-4,9,12,29H,5-8,10H2,1-2H3. The Labute approximate surface area is 181 Å². The smallest absolute Gasteiger partial charge is 0.389 e. The summed E-state index contributed by atoms with van der Waals surface area (Å²) in [6, 6.07) is 5.39. The van der Waals surface area contributed by atoms with E-state index in [1.165, 1.54) is 6.92 Å². The summed E-state index contributed by atoms with van der Waals surface area (Å²) < 4.78 is 39.9. The van der Waals surface area contributed by atoms with Crippen LogP contribution in [0.15, 0.2) is 18.2 Å². The fourth-order valence-electron chi connectivity index (χ4n) is 3.35. The number of aliphatic hydroxyl groups is 1. The highest BCUT2D eigenvalue weighted by Crippen LogP contribution is 2.35. The molecule has 0 aliphatic carbocycles. The third-order valence-corrected chi connectivity index (χ3v) is 5.91. The van der Waals surface area contributed by atoms with Gasteiger partial charge in [-0.25, -0.2) is 0 Å². The number of hydrogen-bond acceptors (Lipinski definition) is 4. The number of nitrogens with zero attached hydrogens (tertiary/aromatic N) is 4. The number of aliphatic hydroxyl groups excluding tert-OH is 1. The summed E-state index contributed by atoms with van der Waals surface area (Å²) in [5.74, 6) is -0.327. The molecule has 30 heavy (non-hydrogen) atoms. The second-order valence-electron chi connectivity index (χ2n) is 7.15. The minimum absolute atomic E-state index is 0.0998. The van der Waals surface area contributed by atoms with Crippen molar-refractivity contribution in [1.82, 2.24) is 14.7 Å². The van der Waals surface area contributed by atoms with Crippen LogP contribution in [0.4, 0.5) is 18.9 Å². The number of carbonyl (C=O) groups is 1. The largest absolute Gasteiger partial charge is 0.436 e. The van der Waals surface area contributed by atoms with Gasteiger partial charge in [-0.1, -0.05) is 23.2 Å². The number of carbonyl (C=O) groups excluding carboxylic acids is 1. The van der Waals surface area contributed by atoms with Crippen molar-refractivity contribution in [2.45, 2.75) is 32.7 Å². The van der Waals surface area contributed by atoms with E-state index in [9.17, 15) is 23.1 Å². The Morgan fingerprint density at radius 1 is 1.23 bits per heavy atom. The molecule has 1 aliphatic rings. The number of amides is 1. The first kappa shape index (κ1) is 22.7. The van der Waals surface area contributed by atoms with Gasteiger partial charge in [-0.2, -0.15) is 18.3 Å². The molecular formula is C19H21Cl2F3N4O2. The number of benzene rings is 1. The average molecular weight is 465 g/mol. The molecule has 1 atom stereocenters. The van der Waals surface area contributed by atoms with Crippen LogP contribution in [-0.2, 0) is 17.5 Å². The van der Waals surface area contributed by atoms with Gasteiger partial charge < -0.3 is 14.9 Å². The van der Waals surface area contributed by atoms with Gasteiger partial charge in [0.25, 0.3) is 0 Å². The molecule has 11 heteroatoms. The van der Waals surface area contributed by atoms with E-state index in [1.54, 1.807) is 17.9 Å². The number of piperazine rings is 1. The number of aromatic nitrogens is 2. The van der Waals surface area contributed by atoms with Crippen molar-refractivity contribution in [3.05, 3.63) is 45.2 Å². The molecule has 0 radical (unpaired) electrons. The van der Waals surface area contributed by atoms with Crippen molar-refractivity contribution in [1.29, 1.82) is 0 Å². The SMILES string of the molecule is Cc1c(Cl)c(C(F)(F)F)nn1CC(=O)N1CCN(c2ccc(Cl)c(C(C)O)c2)CC1. The Hall–Kier alpha value is -1.97. The molecule has 1 aromatic carbocycles. The van der Waals surface area contributed by atoms with Crippen LogP contribution >= 0.6 is 23.2 Å². The van der Waals surface area contributed by atoms with E-state index < -0.39 is 23.0 Å². The minimum atomic E-state index is -4.68. The highest BCUT2D eigenvalue weighted by molar-refractivity contribution is 6.32. The normalized spacial score (nSPS) is 16.1. The van der Waals surface area contributed by atoms with Crippen molar-refractivity contribution in [3.63, 3.8) is 0 Å². The first-order chi connectivity index (χ1) is 14.0. The summed E-state index contributed by atoms with van der Waals surface area (Å²) in [5, 5.41) is 13.3. The lowest BCUT2D eigenvalue weighted by molar-refractivity contribution is -0.142. The van der Waals surface area contributed by atoms with Crippen LogP contribution in [0.5, 0.6) is 0 Å². The van der Waals surface area contributed by atoms with Gasteiger partial charge in [0, 0.05) is 42.5 Å². The minimum Gasteiger partial charge on any atom is -0.389 e. The Morgan fingerprint density at radius 2 is 1.87 bits per heavy atom. The molecule has 164 valence electrons. The topological polar surface area (TPSA) is 61.6 Å². The molecule has 1 amide bonds. The third-order valence-electron chi connectivity index (χ3n) is 5.11. The number of alkyl halides is 3. The molecule has 6 nitrogen and oxygen atoms in total. The lowest BCUT2D eigenvalue weighted by Gasteiger charge is -2.36. The zero-order valence-corrected chi connectivity index (χ0v) is 17.9. The van der Waals surface area contributed by atoms with Crippen LogP contribution in [0.25, 0.3) is 0 Å². The lowest BCUT2D eigenvalue weighted by Crippen LogP contribution is -2.49. The van der Waals surface area contributed by atoms with Gasteiger partial charge in [0.2, 0.25) is 5.91 Å². The van der Waals surface area contributed by atoms with Gasteiger partial charge >= 0.3 is 6.18 Å². The van der Waals surface area contributed by atoms with E-state index in [-0.39, 0.29) is 18.1 Å². The van der Waals surface area contributed by atoms with Crippen LogP contribution in [0.3, 0.4) is 0 Å². The Balaban J connectivity index is 1.65. The zero-order chi connectivity index (χ0) is 22.2. The summed E-state index contributed by atoms with van der Waals surface area (Å²) in [6.07, 6.45) is -5.38. The monoisotopic (exact) mass is 464 g/mol. The number of anilines is 1. The van der Waals surface area contributed by atoms with Gasteiger partial charge in [-0.15, -0.1) is 0 Å². The maximum atomic E-state index is 13.0. The third kappa shape index (κ3) is 4.68. The van der Waals surface area contributed by atoms with Crippen LogP contribution in [0, 0.1) is 6.92 Å². The molecule has 3 rings (SSSR count). The Kier molecular flexibility index (Phi) is 6.54. The van der Waals surface area contributed by atoms with Crippen molar-refractivity contribution in [2.24, 2.45) is 0 Å². The van der Waals surface area contributed by atoms with Crippen LogP contribution in [-0.4, -0.2) is 51.9 Å². The predicted octanol–water partition coefficient (Wildman–Crippen LogP) is 3.92. The molecule has 1 unspecified atom stereocenters. The van der Waals surface area contributed by atoms with Gasteiger partial charge in [0.05, 0.1) is 16.8 Å². The zero-order valence-electron chi connectivity index (χ0n) is 16.4. The maximum absolute atomic E-state index is 13.0. The van der Waals surface area contributed by atoms with E-state index >= 15 is 0 Å². The Morgan fingerprint density at radius 3 is 2.40 bits per heavy atom. The fourth-order valence-corrected chi connectivity index (χ4v) is 3.87. The number of halogens is 5. The second-order valence-corrected chi connectivity index (χ2v) is 7.94. The first-order valence-electron chi connectivity index (χ1n) is 9.29. The molecule has 1 aromatic heterocycles. The maximum Gasteiger partial charge on any atom is 0.436 e. The number of hydrogen-bond donors (Lipinski definition) is 1. The molecule has 0 saturated carbocycles. The molecule has 2 heterocycles. The van der Waals surface area contributed by atoms with E-state index in [0.717, 1.165) is 10.4 Å². The Bertz CT molecular complexity index is 939. The van der Waals surface area contributed by atoms with Crippen LogP contribution in [0.2, 0.25) is 10.0 Å². The van der Waals surface area contributed by atoms with Crippen molar-refractivity contribution in [3.8, 4) is 0 Å². The summed E-state index contributed by atoms with van der Waals surface area (Å²) in [4.78, 5) is 16.2. The van der Waals surface area contributed by atoms with Gasteiger partial charge in [0.15, 0.2) is 5.69 Å². The molecular weight excluding hydrogens is 444 g/mol. The quantitative estimate of drug-likeness (QED) is 0.744.